The molecule has 2 aromatic heterocycles. The molecule has 0 saturated heterocycles. The summed E-state index contributed by atoms with van der Waals surface area (Å²) in [6.07, 6.45) is 0. The third-order valence-electron chi connectivity index (χ3n) is 14.0. The van der Waals surface area contributed by atoms with E-state index >= 15 is 0 Å². The van der Waals surface area contributed by atoms with Crippen LogP contribution in [0, 0.1) is 35.5 Å². The summed E-state index contributed by atoms with van der Waals surface area (Å²) in [4.78, 5) is 0. The Morgan fingerprint density at radius 1 is 0.326 bits per heavy atom. The quantitative estimate of drug-likeness (QED) is 0.194. The highest BCUT2D eigenvalue weighted by Crippen LogP contribution is 3.09. The van der Waals surface area contributed by atoms with Gasteiger partial charge in [0.1, 0.15) is 0 Å². The third-order valence-corrected chi connectivity index (χ3v) is 14.0. The summed E-state index contributed by atoms with van der Waals surface area (Å²) in [5.41, 5.74) is 12.0. The summed E-state index contributed by atoms with van der Waals surface area (Å²) in [6.45, 7) is 0. The molecule has 6 aliphatic carbocycles. The van der Waals surface area contributed by atoms with E-state index in [2.05, 4.69) is 155 Å². The van der Waals surface area contributed by atoms with Crippen LogP contribution < -0.4 is 0 Å². The minimum Gasteiger partial charge on any atom is -0.309 e. The minimum atomic E-state index is 0.441. The van der Waals surface area contributed by atoms with Crippen molar-refractivity contribution >= 4 is 43.6 Å². The number of fused-ring (bicyclic) bond motifs is 6. The Labute approximate surface area is 266 Å². The lowest BCUT2D eigenvalue weighted by molar-refractivity contribution is -0.596. The van der Waals surface area contributed by atoms with Gasteiger partial charge in [0, 0.05) is 43.7 Å². The average Bonchev–Trinajstić information content (AvgIpc) is 3.64. The lowest BCUT2D eigenvalue weighted by atomic mass is 8.91. The fraction of sp³-hybridized carbons (Fsp3) is 0.182. The van der Waals surface area contributed by atoms with Crippen molar-refractivity contribution in [2.75, 3.05) is 0 Å². The molecule has 8 aromatic rings. The SMILES string of the molecule is c1ccc(-n2c3ccccc3c3ccc(C45C6C7C4C4C5C6C74c4ccc5c6ccccc6n(-c6ccccc6)c5c4)cc32)cc1. The van der Waals surface area contributed by atoms with Crippen molar-refractivity contribution < 1.29 is 0 Å². The molecule has 46 heavy (non-hydrogen) atoms. The number of hydrogen-bond donors (Lipinski definition) is 0. The molecule has 6 aliphatic rings. The van der Waals surface area contributed by atoms with E-state index in [0.29, 0.717) is 10.8 Å². The fourth-order valence-electron chi connectivity index (χ4n) is 12.9. The number of hydrogen-bond acceptors (Lipinski definition) is 0. The Hall–Kier alpha value is -5.08. The molecule has 6 saturated carbocycles. The molecule has 6 fully saturated rings. The Balaban J connectivity index is 0.928. The van der Waals surface area contributed by atoms with Crippen LogP contribution in [0.15, 0.2) is 146 Å². The van der Waals surface area contributed by atoms with Crippen LogP contribution in [0.5, 0.6) is 0 Å². The highest BCUT2D eigenvalue weighted by molar-refractivity contribution is 6.10. The molecule has 6 aromatic carbocycles. The first-order chi connectivity index (χ1) is 22.8. The van der Waals surface area contributed by atoms with E-state index in [4.69, 9.17) is 0 Å². The smallest absolute Gasteiger partial charge is 0.0544 e. The highest BCUT2D eigenvalue weighted by Gasteiger charge is 3.09. The Bertz CT molecular complexity index is 2400. The van der Waals surface area contributed by atoms with Crippen molar-refractivity contribution in [1.29, 1.82) is 0 Å². The normalized spacial score (nSPS) is 32.1. The summed E-state index contributed by atoms with van der Waals surface area (Å²) < 4.78 is 5.00. The third kappa shape index (κ3) is 2.11. The zero-order chi connectivity index (χ0) is 29.5. The molecule has 0 unspecified atom stereocenters. The first-order valence-corrected chi connectivity index (χ1v) is 17.0. The summed E-state index contributed by atoms with van der Waals surface area (Å²) >= 11 is 0. The number of benzene rings is 6. The van der Waals surface area contributed by atoms with Gasteiger partial charge >= 0.3 is 0 Å². The first-order valence-electron chi connectivity index (χ1n) is 17.0. The molecule has 0 spiro atoms. The summed E-state index contributed by atoms with van der Waals surface area (Å²) in [6, 6.07) is 54.9. The van der Waals surface area contributed by atoms with Gasteiger partial charge in [-0.25, -0.2) is 0 Å². The molecule has 0 atom stereocenters. The van der Waals surface area contributed by atoms with E-state index in [-0.39, 0.29) is 0 Å². The second kappa shape index (κ2) is 7.32. The highest BCUT2D eigenvalue weighted by atomic mass is 15.1. The zero-order valence-corrected chi connectivity index (χ0v) is 25.2. The molecule has 0 N–H and O–H groups in total. The van der Waals surface area contributed by atoms with Gasteiger partial charge in [-0.3, -0.25) is 0 Å². The van der Waals surface area contributed by atoms with Crippen molar-refractivity contribution in [2.45, 2.75) is 10.8 Å². The number of para-hydroxylation sites is 4. The molecule has 0 bridgehead atoms. The van der Waals surface area contributed by atoms with Gasteiger partial charge in [0.25, 0.3) is 0 Å². The van der Waals surface area contributed by atoms with Crippen LogP contribution in [0.4, 0.5) is 0 Å². The first kappa shape index (κ1) is 23.3. The fourth-order valence-corrected chi connectivity index (χ4v) is 12.9. The molecule has 2 heterocycles. The second-order valence-electron chi connectivity index (χ2n) is 14.9. The van der Waals surface area contributed by atoms with Gasteiger partial charge in [-0.05, 0) is 95.2 Å². The zero-order valence-electron chi connectivity index (χ0n) is 25.2. The van der Waals surface area contributed by atoms with Crippen LogP contribution in [0.25, 0.3) is 55.0 Å². The van der Waals surface area contributed by atoms with Crippen molar-refractivity contribution in [3.63, 3.8) is 0 Å². The summed E-state index contributed by atoms with van der Waals surface area (Å²) in [5, 5.41) is 5.45. The van der Waals surface area contributed by atoms with Crippen LogP contribution in [0.2, 0.25) is 0 Å². The molecule has 14 rings (SSSR count). The van der Waals surface area contributed by atoms with E-state index in [1.165, 1.54) is 55.0 Å². The van der Waals surface area contributed by atoms with Gasteiger partial charge < -0.3 is 9.13 Å². The van der Waals surface area contributed by atoms with Gasteiger partial charge in [0.15, 0.2) is 0 Å². The summed E-state index contributed by atoms with van der Waals surface area (Å²) in [7, 11) is 0. The van der Waals surface area contributed by atoms with Gasteiger partial charge in [-0.15, -0.1) is 0 Å². The van der Waals surface area contributed by atoms with Crippen LogP contribution in [-0.2, 0) is 10.8 Å². The lowest BCUT2D eigenvalue weighted by Crippen LogP contribution is -3.12. The molecule has 0 amide bonds. The molecule has 0 radical (unpaired) electrons. The predicted octanol–water partition coefficient (Wildman–Crippen LogP) is 9.82. The number of aromatic nitrogens is 2. The van der Waals surface area contributed by atoms with E-state index in [1.54, 1.807) is 11.1 Å². The van der Waals surface area contributed by atoms with Crippen molar-refractivity contribution in [3.8, 4) is 11.4 Å². The number of nitrogens with zero attached hydrogens (tertiary/aromatic N) is 2. The largest absolute Gasteiger partial charge is 0.309 e. The molecular formula is C44H30N2. The molecule has 2 heteroatoms. The van der Waals surface area contributed by atoms with Crippen LogP contribution in [-0.4, -0.2) is 9.13 Å². The molecule has 0 aliphatic heterocycles. The van der Waals surface area contributed by atoms with E-state index in [1.807, 2.05) is 0 Å². The van der Waals surface area contributed by atoms with Crippen molar-refractivity contribution in [1.82, 2.24) is 9.13 Å². The van der Waals surface area contributed by atoms with Crippen molar-refractivity contribution in [2.24, 2.45) is 35.5 Å². The lowest BCUT2D eigenvalue weighted by Gasteiger charge is -3.12. The maximum Gasteiger partial charge on any atom is 0.0544 e. The van der Waals surface area contributed by atoms with Gasteiger partial charge in [0.05, 0.1) is 22.1 Å². The van der Waals surface area contributed by atoms with Crippen molar-refractivity contribution in [3.05, 3.63) is 157 Å². The van der Waals surface area contributed by atoms with Gasteiger partial charge in [-0.1, -0.05) is 97.1 Å². The summed E-state index contributed by atoms with van der Waals surface area (Å²) in [5.74, 6) is 5.22. The Morgan fingerprint density at radius 2 is 0.674 bits per heavy atom. The second-order valence-corrected chi connectivity index (χ2v) is 14.9. The maximum absolute atomic E-state index is 2.60. The average molecular weight is 587 g/mol. The van der Waals surface area contributed by atoms with Crippen LogP contribution in [0.3, 0.4) is 0 Å². The minimum absolute atomic E-state index is 0.441. The van der Waals surface area contributed by atoms with E-state index < -0.39 is 0 Å². The number of rotatable bonds is 4. The van der Waals surface area contributed by atoms with Crippen LogP contribution in [0.1, 0.15) is 11.1 Å². The monoisotopic (exact) mass is 586 g/mol. The maximum atomic E-state index is 2.60. The standard InChI is InChI=1S/C44H30N2/c1-3-11-27(12-4-1)45-33-17-9-7-15-29(33)31-21-19-25(23-35(31)45)43-37-40-38(43)42-39(43)41(37)44(40,42)26-20-22-32-30-16-8-10-18-34(30)46(36(32)24-26)28-13-5-2-6-14-28/h1-24,37-42H. The van der Waals surface area contributed by atoms with Gasteiger partial charge in [0.2, 0.25) is 0 Å². The Morgan fingerprint density at radius 3 is 1.09 bits per heavy atom. The Kier molecular flexibility index (Phi) is 3.70. The molecule has 2 nitrogen and oxygen atoms in total. The predicted molar refractivity (Wildman–Crippen MR) is 186 cm³/mol. The van der Waals surface area contributed by atoms with Crippen LogP contribution >= 0.6 is 0 Å². The topological polar surface area (TPSA) is 9.86 Å². The van der Waals surface area contributed by atoms with E-state index in [9.17, 15) is 0 Å². The van der Waals surface area contributed by atoms with E-state index in [0.717, 1.165) is 35.5 Å². The van der Waals surface area contributed by atoms with Gasteiger partial charge in [-0.2, -0.15) is 0 Å². The molecular weight excluding hydrogens is 556 g/mol. The molecule has 216 valence electrons.